The van der Waals surface area contributed by atoms with Crippen molar-refractivity contribution in [3.8, 4) is 11.3 Å². The molecule has 1 N–H and O–H groups in total. The number of nitrogens with one attached hydrogen (secondary N) is 1. The van der Waals surface area contributed by atoms with Crippen LogP contribution in [-0.2, 0) is 6.18 Å². The fourth-order valence-corrected chi connectivity index (χ4v) is 3.02. The Balaban J connectivity index is 1.41. The standard InChI is InChI=1S/C25H16F3NO4/c26-25(27,28)18-4-1-3-17(15-18)22-13-11-20(33-22)10-12-21(30)16-6-8-19(9-7-16)29-24(31)23-5-2-14-32-23/h1-15H,(H,29,31)/b12-10+. The molecule has 0 radical (unpaired) electrons. The van der Waals surface area contributed by atoms with Gasteiger partial charge in [-0.05, 0) is 72.8 Å². The number of halogens is 3. The van der Waals surface area contributed by atoms with Crippen LogP contribution in [0.5, 0.6) is 0 Å². The molecule has 0 bridgehead atoms. The molecule has 0 spiro atoms. The Morgan fingerprint density at radius 3 is 2.39 bits per heavy atom. The molecule has 8 heteroatoms. The Hall–Kier alpha value is -4.33. The van der Waals surface area contributed by atoms with E-state index in [9.17, 15) is 22.8 Å². The summed E-state index contributed by atoms with van der Waals surface area (Å²) in [4.78, 5) is 24.4. The van der Waals surface area contributed by atoms with Gasteiger partial charge in [-0.25, -0.2) is 0 Å². The number of anilines is 1. The lowest BCUT2D eigenvalue weighted by atomic mass is 10.1. The number of furan rings is 2. The molecule has 2 aromatic carbocycles. The molecule has 0 atom stereocenters. The van der Waals surface area contributed by atoms with Gasteiger partial charge in [0, 0.05) is 16.8 Å². The number of rotatable bonds is 6. The highest BCUT2D eigenvalue weighted by Crippen LogP contribution is 2.32. The van der Waals surface area contributed by atoms with Crippen LogP contribution in [0.3, 0.4) is 0 Å². The van der Waals surface area contributed by atoms with Crippen molar-refractivity contribution in [1.82, 2.24) is 0 Å². The van der Waals surface area contributed by atoms with Crippen LogP contribution in [0.1, 0.15) is 32.2 Å². The van der Waals surface area contributed by atoms with E-state index >= 15 is 0 Å². The van der Waals surface area contributed by atoms with Gasteiger partial charge in [0.2, 0.25) is 0 Å². The molecule has 5 nitrogen and oxygen atoms in total. The second-order valence-corrected chi connectivity index (χ2v) is 6.99. The van der Waals surface area contributed by atoms with Crippen LogP contribution in [-0.4, -0.2) is 11.7 Å². The highest BCUT2D eigenvalue weighted by atomic mass is 19.4. The predicted octanol–water partition coefficient (Wildman–Crippen LogP) is 6.71. The molecular formula is C25H16F3NO4. The monoisotopic (exact) mass is 451 g/mol. The number of alkyl halides is 3. The zero-order valence-electron chi connectivity index (χ0n) is 16.9. The fourth-order valence-electron chi connectivity index (χ4n) is 3.02. The van der Waals surface area contributed by atoms with E-state index in [1.54, 1.807) is 36.4 Å². The van der Waals surface area contributed by atoms with Crippen molar-refractivity contribution in [2.24, 2.45) is 0 Å². The third-order valence-corrected chi connectivity index (χ3v) is 4.67. The minimum absolute atomic E-state index is 0.168. The minimum Gasteiger partial charge on any atom is -0.459 e. The van der Waals surface area contributed by atoms with Crippen LogP contribution < -0.4 is 5.32 Å². The van der Waals surface area contributed by atoms with E-state index in [1.807, 2.05) is 0 Å². The minimum atomic E-state index is -4.45. The molecular weight excluding hydrogens is 435 g/mol. The van der Waals surface area contributed by atoms with E-state index in [0.29, 0.717) is 17.0 Å². The Bertz CT molecular complexity index is 1300. The topological polar surface area (TPSA) is 72.5 Å². The molecule has 0 aliphatic carbocycles. The van der Waals surface area contributed by atoms with Crippen LogP contribution in [0.2, 0.25) is 0 Å². The van der Waals surface area contributed by atoms with Gasteiger partial charge in [-0.15, -0.1) is 0 Å². The van der Waals surface area contributed by atoms with Crippen molar-refractivity contribution < 1.29 is 31.6 Å². The zero-order chi connectivity index (χ0) is 23.4. The lowest BCUT2D eigenvalue weighted by molar-refractivity contribution is -0.137. The normalized spacial score (nSPS) is 11.6. The molecule has 0 saturated carbocycles. The molecule has 1 amide bonds. The first-order chi connectivity index (χ1) is 15.8. The Kier molecular flexibility index (Phi) is 5.99. The van der Waals surface area contributed by atoms with Crippen molar-refractivity contribution in [3.63, 3.8) is 0 Å². The van der Waals surface area contributed by atoms with Crippen molar-refractivity contribution in [2.75, 3.05) is 5.32 Å². The average Bonchev–Trinajstić information content (AvgIpc) is 3.50. The van der Waals surface area contributed by atoms with Gasteiger partial charge >= 0.3 is 6.18 Å². The Morgan fingerprint density at radius 1 is 0.909 bits per heavy atom. The van der Waals surface area contributed by atoms with Crippen molar-refractivity contribution >= 4 is 23.5 Å². The van der Waals surface area contributed by atoms with Crippen LogP contribution >= 0.6 is 0 Å². The van der Waals surface area contributed by atoms with Gasteiger partial charge < -0.3 is 14.2 Å². The third kappa shape index (κ3) is 5.30. The predicted molar refractivity (Wildman–Crippen MR) is 116 cm³/mol. The second kappa shape index (κ2) is 9.04. The summed E-state index contributed by atoms with van der Waals surface area (Å²) < 4.78 is 49.3. The lowest BCUT2D eigenvalue weighted by Crippen LogP contribution is -2.10. The van der Waals surface area contributed by atoms with Crippen molar-refractivity contribution in [2.45, 2.75) is 6.18 Å². The molecule has 166 valence electrons. The number of carbonyl (C=O) groups excluding carboxylic acids is 2. The maximum atomic E-state index is 12.9. The maximum Gasteiger partial charge on any atom is 0.416 e. The van der Waals surface area contributed by atoms with E-state index in [1.165, 1.54) is 42.7 Å². The Labute approximate surface area is 186 Å². The van der Waals surface area contributed by atoms with Crippen LogP contribution in [0.15, 0.2) is 94.0 Å². The summed E-state index contributed by atoms with van der Waals surface area (Å²) in [6, 6.07) is 17.3. The van der Waals surface area contributed by atoms with E-state index < -0.39 is 17.6 Å². The number of ketones is 1. The first kappa shape index (κ1) is 21.9. The average molecular weight is 451 g/mol. The molecule has 0 aliphatic rings. The third-order valence-electron chi connectivity index (χ3n) is 4.67. The summed E-state index contributed by atoms with van der Waals surface area (Å²) in [5, 5.41) is 2.65. The SMILES string of the molecule is O=C(/C=C/c1ccc(-c2cccc(C(F)(F)F)c2)o1)c1ccc(NC(=O)c2ccco2)cc1. The maximum absolute atomic E-state index is 12.9. The first-order valence-electron chi connectivity index (χ1n) is 9.74. The van der Waals surface area contributed by atoms with Crippen LogP contribution in [0.25, 0.3) is 17.4 Å². The van der Waals surface area contributed by atoms with Crippen LogP contribution in [0.4, 0.5) is 18.9 Å². The van der Waals surface area contributed by atoms with E-state index in [0.717, 1.165) is 12.1 Å². The van der Waals surface area contributed by atoms with Gasteiger partial charge in [0.15, 0.2) is 11.5 Å². The number of benzene rings is 2. The van der Waals surface area contributed by atoms with E-state index in [-0.39, 0.29) is 22.9 Å². The summed E-state index contributed by atoms with van der Waals surface area (Å²) in [5.74, 6) is 0.0216. The van der Waals surface area contributed by atoms with Crippen molar-refractivity contribution in [1.29, 1.82) is 0 Å². The number of allylic oxidation sites excluding steroid dienone is 1. The highest BCUT2D eigenvalue weighted by molar-refractivity contribution is 6.07. The number of carbonyl (C=O) groups is 2. The number of hydrogen-bond acceptors (Lipinski definition) is 4. The quantitative estimate of drug-likeness (QED) is 0.261. The second-order valence-electron chi connectivity index (χ2n) is 6.99. The summed E-state index contributed by atoms with van der Waals surface area (Å²) in [7, 11) is 0. The van der Waals surface area contributed by atoms with Gasteiger partial charge in [-0.1, -0.05) is 12.1 Å². The van der Waals surface area contributed by atoms with Gasteiger partial charge in [0.25, 0.3) is 5.91 Å². The molecule has 0 aliphatic heterocycles. The molecule has 0 unspecified atom stereocenters. The van der Waals surface area contributed by atoms with E-state index in [2.05, 4.69) is 5.32 Å². The fraction of sp³-hybridized carbons (Fsp3) is 0.0400. The first-order valence-corrected chi connectivity index (χ1v) is 9.74. The summed E-state index contributed by atoms with van der Waals surface area (Å²) in [6.45, 7) is 0. The summed E-state index contributed by atoms with van der Waals surface area (Å²) in [5.41, 5.74) is 0.385. The molecule has 0 saturated heterocycles. The van der Waals surface area contributed by atoms with Crippen LogP contribution in [0, 0.1) is 0 Å². The zero-order valence-corrected chi connectivity index (χ0v) is 16.9. The smallest absolute Gasteiger partial charge is 0.416 e. The number of amides is 1. The summed E-state index contributed by atoms with van der Waals surface area (Å²) >= 11 is 0. The summed E-state index contributed by atoms with van der Waals surface area (Å²) in [6.07, 6.45) is -0.323. The van der Waals surface area contributed by atoms with Gasteiger partial charge in [-0.3, -0.25) is 9.59 Å². The van der Waals surface area contributed by atoms with Gasteiger partial charge in [-0.2, -0.15) is 13.2 Å². The highest BCUT2D eigenvalue weighted by Gasteiger charge is 2.30. The molecule has 2 aromatic heterocycles. The van der Waals surface area contributed by atoms with E-state index in [4.69, 9.17) is 8.83 Å². The lowest BCUT2D eigenvalue weighted by Gasteiger charge is -2.07. The molecule has 4 rings (SSSR count). The largest absolute Gasteiger partial charge is 0.459 e. The molecule has 33 heavy (non-hydrogen) atoms. The van der Waals surface area contributed by atoms with Gasteiger partial charge in [0.1, 0.15) is 11.5 Å². The Morgan fingerprint density at radius 2 is 1.70 bits per heavy atom. The van der Waals surface area contributed by atoms with Gasteiger partial charge in [0.05, 0.1) is 11.8 Å². The number of hydrogen-bond donors (Lipinski definition) is 1. The van der Waals surface area contributed by atoms with Crippen molar-refractivity contribution in [3.05, 3.63) is 108 Å². The molecule has 4 aromatic rings. The molecule has 0 fully saturated rings. The molecule has 2 heterocycles.